The quantitative estimate of drug-likeness (QED) is 0.263. The van der Waals surface area contributed by atoms with Crippen LogP contribution in [0.3, 0.4) is 0 Å². The van der Waals surface area contributed by atoms with E-state index >= 15 is 0 Å². The molecular formula is C27H25N3O5. The van der Waals surface area contributed by atoms with Gasteiger partial charge in [0.05, 0.1) is 23.8 Å². The third kappa shape index (κ3) is 5.74. The van der Waals surface area contributed by atoms with Gasteiger partial charge < -0.3 is 25.5 Å². The van der Waals surface area contributed by atoms with Crippen molar-refractivity contribution in [3.63, 3.8) is 0 Å². The lowest BCUT2D eigenvalue weighted by molar-refractivity contribution is -0.117. The highest BCUT2D eigenvalue weighted by atomic mass is 16.5. The zero-order valence-electron chi connectivity index (χ0n) is 19.1. The standard InChI is InChI=1S/C27H25N3O5/c1-2-34-26(32)18-8-11-20(12-9-18)35-27(33)22-16-29-24-13-10-19(15-21(22)24)30-25(31)23(28)14-17-6-4-3-5-7-17/h3-13,15-16,23,29H,2,14,28H2,1H3,(H,30,31)/t23-/m1/s1. The lowest BCUT2D eigenvalue weighted by Crippen LogP contribution is -2.37. The van der Waals surface area contributed by atoms with E-state index in [-0.39, 0.29) is 18.3 Å². The number of aromatic amines is 1. The number of aromatic nitrogens is 1. The van der Waals surface area contributed by atoms with Crippen molar-refractivity contribution >= 4 is 34.4 Å². The van der Waals surface area contributed by atoms with Crippen molar-refractivity contribution in [1.29, 1.82) is 0 Å². The minimum atomic E-state index is -0.721. The highest BCUT2D eigenvalue weighted by molar-refractivity contribution is 6.06. The molecule has 4 N–H and O–H groups in total. The summed E-state index contributed by atoms with van der Waals surface area (Å²) in [7, 11) is 0. The molecule has 178 valence electrons. The van der Waals surface area contributed by atoms with E-state index in [0.29, 0.717) is 34.1 Å². The van der Waals surface area contributed by atoms with Crippen molar-refractivity contribution in [2.45, 2.75) is 19.4 Å². The average molecular weight is 472 g/mol. The van der Waals surface area contributed by atoms with Crippen LogP contribution < -0.4 is 15.8 Å². The van der Waals surface area contributed by atoms with Gasteiger partial charge in [-0.15, -0.1) is 0 Å². The molecule has 0 radical (unpaired) electrons. The molecule has 1 heterocycles. The summed E-state index contributed by atoms with van der Waals surface area (Å²) < 4.78 is 10.4. The SMILES string of the molecule is CCOC(=O)c1ccc(OC(=O)c2c[nH]c3ccc(NC(=O)[C@H](N)Cc4ccccc4)cc23)cc1. The molecule has 4 aromatic rings. The molecule has 0 aliphatic rings. The van der Waals surface area contributed by atoms with Crippen LogP contribution in [0.2, 0.25) is 0 Å². The number of hydrogen-bond acceptors (Lipinski definition) is 6. The molecule has 0 fully saturated rings. The lowest BCUT2D eigenvalue weighted by atomic mass is 10.1. The Morgan fingerprint density at radius 3 is 2.43 bits per heavy atom. The van der Waals surface area contributed by atoms with Crippen LogP contribution in [-0.2, 0) is 16.0 Å². The number of fused-ring (bicyclic) bond motifs is 1. The Hall–Kier alpha value is -4.43. The van der Waals surface area contributed by atoms with Crippen molar-refractivity contribution in [3.05, 3.63) is 95.7 Å². The second-order valence-corrected chi connectivity index (χ2v) is 7.88. The number of amides is 1. The molecule has 0 aliphatic carbocycles. The zero-order valence-corrected chi connectivity index (χ0v) is 19.1. The van der Waals surface area contributed by atoms with Gasteiger partial charge in [-0.05, 0) is 61.4 Å². The first-order chi connectivity index (χ1) is 16.9. The Balaban J connectivity index is 1.45. The number of carbonyl (C=O) groups is 3. The van der Waals surface area contributed by atoms with Gasteiger partial charge in [0.1, 0.15) is 5.75 Å². The molecule has 8 nitrogen and oxygen atoms in total. The van der Waals surface area contributed by atoms with Crippen molar-refractivity contribution in [2.24, 2.45) is 5.73 Å². The number of benzene rings is 3. The molecular weight excluding hydrogens is 446 g/mol. The van der Waals surface area contributed by atoms with Crippen LogP contribution in [0.1, 0.15) is 33.2 Å². The van der Waals surface area contributed by atoms with Gasteiger partial charge in [0.25, 0.3) is 0 Å². The van der Waals surface area contributed by atoms with E-state index in [1.165, 1.54) is 24.3 Å². The molecule has 35 heavy (non-hydrogen) atoms. The third-order valence-corrected chi connectivity index (χ3v) is 5.38. The van der Waals surface area contributed by atoms with Gasteiger partial charge in [-0.2, -0.15) is 0 Å². The van der Waals surface area contributed by atoms with Crippen LogP contribution in [0.15, 0.2) is 79.0 Å². The van der Waals surface area contributed by atoms with Crippen molar-refractivity contribution in [1.82, 2.24) is 4.98 Å². The minimum Gasteiger partial charge on any atom is -0.462 e. The average Bonchev–Trinajstić information content (AvgIpc) is 3.28. The fourth-order valence-electron chi connectivity index (χ4n) is 3.60. The van der Waals surface area contributed by atoms with E-state index in [4.69, 9.17) is 15.2 Å². The summed E-state index contributed by atoms with van der Waals surface area (Å²) in [5, 5.41) is 3.40. The van der Waals surface area contributed by atoms with Gasteiger partial charge in [0, 0.05) is 22.8 Å². The van der Waals surface area contributed by atoms with Crippen molar-refractivity contribution in [2.75, 3.05) is 11.9 Å². The Morgan fingerprint density at radius 1 is 0.971 bits per heavy atom. The van der Waals surface area contributed by atoms with E-state index in [2.05, 4.69) is 10.3 Å². The summed E-state index contributed by atoms with van der Waals surface area (Å²) in [4.78, 5) is 40.2. The Labute approximate surface area is 202 Å². The van der Waals surface area contributed by atoms with Crippen LogP contribution in [-0.4, -0.2) is 35.5 Å². The van der Waals surface area contributed by atoms with Crippen LogP contribution in [0.25, 0.3) is 10.9 Å². The largest absolute Gasteiger partial charge is 0.462 e. The van der Waals surface area contributed by atoms with E-state index in [1.807, 2.05) is 30.3 Å². The van der Waals surface area contributed by atoms with Gasteiger partial charge in [-0.1, -0.05) is 30.3 Å². The second kappa shape index (κ2) is 10.7. The molecule has 0 unspecified atom stereocenters. The summed E-state index contributed by atoms with van der Waals surface area (Å²) in [6, 6.07) is 20.1. The van der Waals surface area contributed by atoms with E-state index in [1.54, 1.807) is 31.3 Å². The maximum Gasteiger partial charge on any atom is 0.345 e. The lowest BCUT2D eigenvalue weighted by Gasteiger charge is -2.12. The summed E-state index contributed by atoms with van der Waals surface area (Å²) >= 11 is 0. The van der Waals surface area contributed by atoms with Crippen molar-refractivity contribution < 1.29 is 23.9 Å². The predicted octanol–water partition coefficient (Wildman–Crippen LogP) is 4.07. The Bertz CT molecular complexity index is 1350. The second-order valence-electron chi connectivity index (χ2n) is 7.88. The molecule has 0 saturated heterocycles. The first kappa shape index (κ1) is 23.7. The van der Waals surface area contributed by atoms with Crippen LogP contribution >= 0.6 is 0 Å². The number of rotatable bonds is 8. The Kier molecular flexibility index (Phi) is 7.23. The third-order valence-electron chi connectivity index (χ3n) is 5.38. The topological polar surface area (TPSA) is 124 Å². The van der Waals surface area contributed by atoms with Crippen LogP contribution in [0.5, 0.6) is 5.75 Å². The minimum absolute atomic E-state index is 0.275. The van der Waals surface area contributed by atoms with Gasteiger partial charge in [-0.3, -0.25) is 4.79 Å². The summed E-state index contributed by atoms with van der Waals surface area (Å²) in [5.74, 6) is -1.06. The molecule has 3 aromatic carbocycles. The number of H-pyrrole nitrogens is 1. The molecule has 1 aromatic heterocycles. The summed E-state index contributed by atoms with van der Waals surface area (Å²) in [5.41, 5.74) is 8.94. The molecule has 1 atom stereocenters. The molecule has 0 saturated carbocycles. The van der Waals surface area contributed by atoms with E-state index < -0.39 is 18.0 Å². The van der Waals surface area contributed by atoms with Crippen molar-refractivity contribution in [3.8, 4) is 5.75 Å². The molecule has 0 bridgehead atoms. The number of ether oxygens (including phenoxy) is 2. The first-order valence-electron chi connectivity index (χ1n) is 11.2. The van der Waals surface area contributed by atoms with Crippen LogP contribution in [0, 0.1) is 0 Å². The normalized spacial score (nSPS) is 11.6. The van der Waals surface area contributed by atoms with E-state index in [0.717, 1.165) is 5.56 Å². The molecule has 4 rings (SSSR count). The fraction of sp³-hybridized carbons (Fsp3) is 0.148. The summed E-state index contributed by atoms with van der Waals surface area (Å²) in [6.45, 7) is 2.00. The number of esters is 2. The number of nitrogens with two attached hydrogens (primary N) is 1. The first-order valence-corrected chi connectivity index (χ1v) is 11.2. The smallest absolute Gasteiger partial charge is 0.345 e. The van der Waals surface area contributed by atoms with Crippen LogP contribution in [0.4, 0.5) is 5.69 Å². The molecule has 1 amide bonds. The molecule has 8 heteroatoms. The predicted molar refractivity (Wildman–Crippen MR) is 132 cm³/mol. The van der Waals surface area contributed by atoms with E-state index in [9.17, 15) is 14.4 Å². The van der Waals surface area contributed by atoms with Gasteiger partial charge in [-0.25, -0.2) is 9.59 Å². The maximum atomic E-state index is 12.8. The highest BCUT2D eigenvalue weighted by Gasteiger charge is 2.18. The fourth-order valence-corrected chi connectivity index (χ4v) is 3.60. The van der Waals surface area contributed by atoms with Gasteiger partial charge >= 0.3 is 11.9 Å². The molecule has 0 aliphatic heterocycles. The number of carbonyl (C=O) groups excluding carboxylic acids is 3. The summed E-state index contributed by atoms with van der Waals surface area (Å²) in [6.07, 6.45) is 1.96. The maximum absolute atomic E-state index is 12.8. The zero-order chi connectivity index (χ0) is 24.8. The molecule has 0 spiro atoms. The van der Waals surface area contributed by atoms with Gasteiger partial charge in [0.2, 0.25) is 5.91 Å². The number of hydrogen-bond donors (Lipinski definition) is 3. The number of nitrogens with one attached hydrogen (secondary N) is 2. The Morgan fingerprint density at radius 2 is 1.71 bits per heavy atom. The monoisotopic (exact) mass is 471 g/mol. The van der Waals surface area contributed by atoms with Gasteiger partial charge in [0.15, 0.2) is 0 Å². The number of anilines is 1. The highest BCUT2D eigenvalue weighted by Crippen LogP contribution is 2.24.